The van der Waals surface area contributed by atoms with E-state index in [1.807, 2.05) is 19.1 Å². The van der Waals surface area contributed by atoms with Gasteiger partial charge < -0.3 is 9.84 Å². The molecule has 0 aliphatic heterocycles. The fraction of sp³-hybridized carbons (Fsp3) is 0.250. The minimum Gasteiger partial charge on any atom is -0.345 e. The molecule has 3 rings (SSSR count). The van der Waals surface area contributed by atoms with Crippen LogP contribution in [0.2, 0.25) is 5.02 Å². The topological polar surface area (TPSA) is 105 Å². The largest absolute Gasteiger partial charge is 0.345 e. The van der Waals surface area contributed by atoms with Gasteiger partial charge in [-0.3, -0.25) is 9.10 Å². The molecule has 30 heavy (non-hydrogen) atoms. The van der Waals surface area contributed by atoms with Crippen molar-refractivity contribution in [3.8, 4) is 11.4 Å². The molecule has 0 radical (unpaired) electrons. The molecule has 0 atom stereocenters. The Morgan fingerprint density at radius 1 is 1.17 bits per heavy atom. The summed E-state index contributed by atoms with van der Waals surface area (Å²) in [5, 5.41) is 6.94. The average molecular weight is 449 g/mol. The smallest absolute Gasteiger partial charge is 0.246 e. The fourth-order valence-corrected chi connectivity index (χ4v) is 3.81. The molecule has 3 aromatic rings. The molecule has 1 aromatic heterocycles. The number of benzene rings is 2. The first kappa shape index (κ1) is 21.8. The van der Waals surface area contributed by atoms with Gasteiger partial charge in [0.05, 0.1) is 23.5 Å². The van der Waals surface area contributed by atoms with E-state index in [0.717, 1.165) is 22.5 Å². The van der Waals surface area contributed by atoms with Gasteiger partial charge in [-0.2, -0.15) is 4.98 Å². The van der Waals surface area contributed by atoms with Crippen LogP contribution in [0.15, 0.2) is 53.1 Å². The van der Waals surface area contributed by atoms with E-state index < -0.39 is 15.9 Å². The van der Waals surface area contributed by atoms with E-state index >= 15 is 0 Å². The first-order valence-electron chi connectivity index (χ1n) is 9.18. The highest BCUT2D eigenvalue weighted by Gasteiger charge is 2.21. The van der Waals surface area contributed by atoms with Gasteiger partial charge in [-0.15, -0.1) is 0 Å². The Balaban J connectivity index is 1.66. The van der Waals surface area contributed by atoms with E-state index in [0.29, 0.717) is 22.1 Å². The number of aromatic nitrogens is 2. The third-order valence-electron chi connectivity index (χ3n) is 4.34. The molecule has 8 nitrogen and oxygen atoms in total. The summed E-state index contributed by atoms with van der Waals surface area (Å²) in [6.07, 6.45) is 1.89. The lowest BCUT2D eigenvalue weighted by atomic mass is 10.1. The van der Waals surface area contributed by atoms with E-state index in [-0.39, 0.29) is 19.0 Å². The molecule has 0 unspecified atom stereocenters. The zero-order valence-corrected chi connectivity index (χ0v) is 18.1. The second-order valence-corrected chi connectivity index (χ2v) is 8.87. The fourth-order valence-electron chi connectivity index (χ4n) is 2.74. The van der Waals surface area contributed by atoms with Crippen LogP contribution in [-0.2, 0) is 27.8 Å². The summed E-state index contributed by atoms with van der Waals surface area (Å²) in [7, 11) is -3.65. The number of rotatable bonds is 8. The monoisotopic (exact) mass is 448 g/mol. The second kappa shape index (κ2) is 9.27. The number of carbonyl (C=O) groups is 1. The standard InChI is InChI=1S/C20H21ClN4O4S/c1-3-14-8-10-15(11-9-14)25(30(2,27)28)13-18(26)22-12-19-23-20(24-29-19)16-6-4-5-7-17(16)21/h4-11H,3,12-13H2,1-2H3,(H,22,26). The summed E-state index contributed by atoms with van der Waals surface area (Å²) in [6, 6.07) is 14.1. The van der Waals surface area contributed by atoms with E-state index in [2.05, 4.69) is 15.5 Å². The Morgan fingerprint density at radius 3 is 2.50 bits per heavy atom. The Labute approximate surface area is 179 Å². The van der Waals surface area contributed by atoms with Gasteiger partial charge >= 0.3 is 0 Å². The van der Waals surface area contributed by atoms with Gasteiger partial charge in [0, 0.05) is 5.56 Å². The predicted molar refractivity (Wildman–Crippen MR) is 115 cm³/mol. The number of sulfonamides is 1. The second-order valence-electron chi connectivity index (χ2n) is 6.56. The molecule has 10 heteroatoms. The quantitative estimate of drug-likeness (QED) is 0.567. The van der Waals surface area contributed by atoms with E-state index in [9.17, 15) is 13.2 Å². The van der Waals surface area contributed by atoms with Gasteiger partial charge in [0.15, 0.2) is 0 Å². The van der Waals surface area contributed by atoms with Gasteiger partial charge in [-0.25, -0.2) is 8.42 Å². The van der Waals surface area contributed by atoms with E-state index in [1.54, 1.807) is 36.4 Å². The number of hydrogen-bond donors (Lipinski definition) is 1. The van der Waals surface area contributed by atoms with Crippen LogP contribution >= 0.6 is 11.6 Å². The summed E-state index contributed by atoms with van der Waals surface area (Å²) in [5.41, 5.74) is 2.10. The van der Waals surface area contributed by atoms with Crippen LogP contribution in [0, 0.1) is 0 Å². The van der Waals surface area contributed by atoms with Crippen LogP contribution in [0.5, 0.6) is 0 Å². The highest BCUT2D eigenvalue weighted by atomic mass is 35.5. The highest BCUT2D eigenvalue weighted by Crippen LogP contribution is 2.24. The molecule has 0 aliphatic carbocycles. The predicted octanol–water partition coefficient (Wildman–Crippen LogP) is 3.03. The molecule has 0 aliphatic rings. The lowest BCUT2D eigenvalue weighted by Crippen LogP contribution is -2.40. The summed E-state index contributed by atoms with van der Waals surface area (Å²) in [6.45, 7) is 1.60. The van der Waals surface area contributed by atoms with Crippen molar-refractivity contribution >= 4 is 33.2 Å². The van der Waals surface area contributed by atoms with Crippen LogP contribution in [0.1, 0.15) is 18.4 Å². The summed E-state index contributed by atoms with van der Waals surface area (Å²) < 4.78 is 30.5. The molecule has 1 amide bonds. The van der Waals surface area contributed by atoms with Crippen LogP contribution < -0.4 is 9.62 Å². The number of nitrogens with one attached hydrogen (secondary N) is 1. The number of aryl methyl sites for hydroxylation is 1. The van der Waals surface area contributed by atoms with E-state index in [1.165, 1.54) is 0 Å². The van der Waals surface area contributed by atoms with Crippen LogP contribution in [0.4, 0.5) is 5.69 Å². The minimum atomic E-state index is -3.65. The summed E-state index contributed by atoms with van der Waals surface area (Å²) in [4.78, 5) is 16.6. The number of amides is 1. The molecule has 2 aromatic carbocycles. The molecule has 0 fully saturated rings. The number of nitrogens with zero attached hydrogens (tertiary/aromatic N) is 3. The molecule has 0 saturated heterocycles. The van der Waals surface area contributed by atoms with Crippen LogP contribution in [0.3, 0.4) is 0 Å². The Morgan fingerprint density at radius 2 is 1.87 bits per heavy atom. The van der Waals surface area contributed by atoms with Crippen molar-refractivity contribution in [2.75, 3.05) is 17.1 Å². The van der Waals surface area contributed by atoms with Gasteiger partial charge in [-0.1, -0.05) is 47.9 Å². The molecule has 0 bridgehead atoms. The van der Waals surface area contributed by atoms with E-state index in [4.69, 9.17) is 16.1 Å². The molecule has 158 valence electrons. The summed E-state index contributed by atoms with van der Waals surface area (Å²) >= 11 is 6.12. The number of hydrogen-bond acceptors (Lipinski definition) is 6. The van der Waals surface area contributed by atoms with Crippen LogP contribution in [-0.4, -0.2) is 37.3 Å². The van der Waals surface area contributed by atoms with Gasteiger partial charge in [-0.05, 0) is 36.2 Å². The van der Waals surface area contributed by atoms with Gasteiger partial charge in [0.25, 0.3) is 0 Å². The first-order chi connectivity index (χ1) is 14.3. The number of anilines is 1. The number of carbonyl (C=O) groups excluding carboxylic acids is 1. The van der Waals surface area contributed by atoms with Crippen molar-refractivity contribution in [3.63, 3.8) is 0 Å². The third kappa shape index (κ3) is 5.37. The molecular weight excluding hydrogens is 428 g/mol. The van der Waals surface area contributed by atoms with Crippen LogP contribution in [0.25, 0.3) is 11.4 Å². The molecule has 1 N–H and O–H groups in total. The molecule has 1 heterocycles. The van der Waals surface area contributed by atoms with Crippen molar-refractivity contribution in [3.05, 3.63) is 65.0 Å². The highest BCUT2D eigenvalue weighted by molar-refractivity contribution is 7.92. The minimum absolute atomic E-state index is 0.0390. The lowest BCUT2D eigenvalue weighted by Gasteiger charge is -2.22. The maximum Gasteiger partial charge on any atom is 0.246 e. The van der Waals surface area contributed by atoms with Crippen molar-refractivity contribution in [1.29, 1.82) is 0 Å². The van der Waals surface area contributed by atoms with Crippen molar-refractivity contribution in [1.82, 2.24) is 15.5 Å². The van der Waals surface area contributed by atoms with Gasteiger partial charge in [0.2, 0.25) is 27.6 Å². The molecule has 0 saturated carbocycles. The maximum atomic E-state index is 12.4. The maximum absolute atomic E-state index is 12.4. The van der Waals surface area contributed by atoms with Crippen molar-refractivity contribution < 1.29 is 17.7 Å². The SMILES string of the molecule is CCc1ccc(N(CC(=O)NCc2nc(-c3ccccc3Cl)no2)S(C)(=O)=O)cc1. The third-order valence-corrected chi connectivity index (χ3v) is 5.81. The first-order valence-corrected chi connectivity index (χ1v) is 11.4. The zero-order chi connectivity index (χ0) is 21.7. The van der Waals surface area contributed by atoms with Gasteiger partial charge in [0.1, 0.15) is 6.54 Å². The Hall–Kier alpha value is -2.91. The average Bonchev–Trinajstić information content (AvgIpc) is 3.19. The molecular formula is C20H21ClN4O4S. The van der Waals surface area contributed by atoms with Crippen molar-refractivity contribution in [2.24, 2.45) is 0 Å². The zero-order valence-electron chi connectivity index (χ0n) is 16.5. The Kier molecular flexibility index (Phi) is 6.73. The molecule has 0 spiro atoms. The normalized spacial score (nSPS) is 11.3. The summed E-state index contributed by atoms with van der Waals surface area (Å²) in [5.74, 6) is -0.0208. The number of halogens is 1. The van der Waals surface area contributed by atoms with Crippen molar-refractivity contribution in [2.45, 2.75) is 19.9 Å². The Bertz CT molecular complexity index is 1130. The lowest BCUT2D eigenvalue weighted by molar-refractivity contribution is -0.119.